The number of para-hydroxylation sites is 8. The minimum Gasteiger partial charge on any atom is -0.309 e. The van der Waals surface area contributed by atoms with E-state index in [-0.39, 0.29) is 0 Å². The number of nitriles is 2. The van der Waals surface area contributed by atoms with Gasteiger partial charge in [0.15, 0.2) is 0 Å². The molecule has 10 heterocycles. The van der Waals surface area contributed by atoms with Crippen molar-refractivity contribution in [3.05, 3.63) is 485 Å². The average Bonchev–Trinajstić information content (AvgIpc) is 1.55. The van der Waals surface area contributed by atoms with Crippen LogP contribution >= 0.6 is 0 Å². The van der Waals surface area contributed by atoms with Crippen LogP contribution in [0.5, 0.6) is 0 Å². The molecule has 30 rings (SSSR count). The monoisotopic (exact) mass is 1830 g/mol. The molecule has 0 saturated heterocycles. The smallest absolute Gasteiger partial charge is 0.104 e. The Morgan fingerprint density at radius 1 is 0.139 bits per heavy atom. The van der Waals surface area contributed by atoms with Crippen molar-refractivity contribution in [2.45, 2.75) is 0 Å². The van der Waals surface area contributed by atoms with Gasteiger partial charge >= 0.3 is 0 Å². The highest BCUT2D eigenvalue weighted by Crippen LogP contribution is 2.50. The van der Waals surface area contributed by atoms with Crippen molar-refractivity contribution >= 4 is 174 Å². The lowest BCUT2D eigenvalue weighted by Gasteiger charge is -2.19. The van der Waals surface area contributed by atoms with Gasteiger partial charge in [-0.05, 0) is 262 Å². The topological polar surface area (TPSA) is 113 Å². The summed E-state index contributed by atoms with van der Waals surface area (Å²) < 4.78 is 19.0. The van der Waals surface area contributed by atoms with Gasteiger partial charge in [0.05, 0.1) is 111 Å². The summed E-state index contributed by atoms with van der Waals surface area (Å²) in [6.07, 6.45) is 7.40. The van der Waals surface area contributed by atoms with Crippen LogP contribution in [0.25, 0.3) is 276 Å². The fourth-order valence-electron chi connectivity index (χ4n) is 24.0. The van der Waals surface area contributed by atoms with E-state index in [9.17, 15) is 10.5 Å². The molecule has 666 valence electrons. The van der Waals surface area contributed by atoms with Crippen LogP contribution in [0.1, 0.15) is 11.1 Å². The summed E-state index contributed by atoms with van der Waals surface area (Å²) in [5.41, 5.74) is 34.8. The number of pyridine rings is 2. The number of fused-ring (bicyclic) bond motifs is 24. The van der Waals surface area contributed by atoms with Gasteiger partial charge in [-0.15, -0.1) is 0 Å². The highest BCUT2D eigenvalue weighted by atomic mass is 15.1. The highest BCUT2D eigenvalue weighted by Gasteiger charge is 2.30. The van der Waals surface area contributed by atoms with E-state index in [1.54, 1.807) is 0 Å². The molecule has 144 heavy (non-hydrogen) atoms. The van der Waals surface area contributed by atoms with Gasteiger partial charge in [-0.25, -0.2) is 0 Å². The minimum atomic E-state index is 0.502. The second kappa shape index (κ2) is 31.3. The van der Waals surface area contributed by atoms with E-state index < -0.39 is 0 Å². The number of aromatic nitrogens is 10. The van der Waals surface area contributed by atoms with Crippen LogP contribution in [0, 0.1) is 22.7 Å². The Labute approximate surface area is 823 Å². The van der Waals surface area contributed by atoms with Crippen LogP contribution in [0.15, 0.2) is 474 Å². The summed E-state index contributed by atoms with van der Waals surface area (Å²) in [5.74, 6) is 0. The molecule has 0 atom stereocenters. The van der Waals surface area contributed by atoms with Crippen molar-refractivity contribution in [1.29, 1.82) is 10.5 Å². The van der Waals surface area contributed by atoms with Crippen LogP contribution in [-0.2, 0) is 0 Å². The molecule has 0 aliphatic carbocycles. The third-order valence-corrected chi connectivity index (χ3v) is 30.3. The van der Waals surface area contributed by atoms with E-state index in [4.69, 9.17) is 0 Å². The zero-order chi connectivity index (χ0) is 94.6. The Morgan fingerprint density at radius 3 is 0.632 bits per heavy atom. The van der Waals surface area contributed by atoms with Crippen LogP contribution in [0.4, 0.5) is 0 Å². The third kappa shape index (κ3) is 11.9. The molecular formula is C132H78N12. The largest absolute Gasteiger partial charge is 0.309 e. The van der Waals surface area contributed by atoms with Gasteiger partial charge in [-0.1, -0.05) is 243 Å². The highest BCUT2D eigenvalue weighted by molar-refractivity contribution is 6.20. The van der Waals surface area contributed by atoms with Gasteiger partial charge in [0.1, 0.15) is 23.3 Å². The maximum absolute atomic E-state index is 12.8. The first-order chi connectivity index (χ1) is 71.4. The summed E-state index contributed by atoms with van der Waals surface area (Å²) in [4.78, 5) is 9.10. The van der Waals surface area contributed by atoms with E-state index in [1.165, 1.54) is 32.3 Å². The maximum atomic E-state index is 12.8. The molecule has 0 N–H and O–H groups in total. The molecule has 0 amide bonds. The zero-order valence-corrected chi connectivity index (χ0v) is 77.4. The van der Waals surface area contributed by atoms with Gasteiger partial charge in [0.25, 0.3) is 0 Å². The van der Waals surface area contributed by atoms with Crippen LogP contribution in [0.2, 0.25) is 0 Å². The number of benzene rings is 20. The van der Waals surface area contributed by atoms with E-state index in [1.807, 2.05) is 24.8 Å². The van der Waals surface area contributed by atoms with Crippen molar-refractivity contribution in [2.75, 3.05) is 0 Å². The van der Waals surface area contributed by atoms with Crippen LogP contribution < -0.4 is 0 Å². The predicted molar refractivity (Wildman–Crippen MR) is 593 cm³/mol. The summed E-state index contributed by atoms with van der Waals surface area (Å²) in [6, 6.07) is 169. The fourth-order valence-corrected chi connectivity index (χ4v) is 24.0. The molecule has 12 nitrogen and oxygen atoms in total. The number of rotatable bonds is 13. The molecular weight excluding hydrogens is 1750 g/mol. The standard InChI is InChI=1S/C132H78N12/c133-79-111-129(141-123-55-47-91(137-113-35-15-7-27-95(113)96-28-8-16-36-114(96)137)75-107(123)108-76-92(48-56-124(108)141)138-115-37-17-9-29-97(115)98-30-10-18-38-116(98)138)71-89(83-59-63-135-64-60-83)72-130(111)142-125-57-49-93(139-117-39-19-11-31-99(117)100-32-12-20-40-118(100)139)77-109(125)110-78-94(50-58-126(110)142)140-119-41-21-14-34-102(119)105-67-85(45-53-121(105)140)86-46-54-122-106(68-86)104-52-44-88(82-25-5-2-6-26-82)70-128(104)144(122)132-74-90(84-61-65-136-66-62-84)73-131(112(132)80-134)143-120-42-22-13-33-101(120)103-51-43-87(69-127(103)143)81-23-3-1-4-24-81/h1-78H. The SMILES string of the molecule is N#Cc1c(-n2c3ccc(-n4c5ccccc5c5ccccc54)cc3c3cc(-n4c5ccccc5c5ccccc54)ccc32)cc(-c2ccncc2)cc1-n1c2ccc(-n3c4ccccc4c4ccccc43)cc2c2cc(-n3c4ccccc4c4cc(-c5ccc6c(c5)c5ccc(-c7ccccc7)cc5n6-c5cc(-c6ccncc6)cc(-n6c7ccccc7c7ccc(-c8ccccc8)cc76)c5C#N)ccc43)ccc21. The van der Waals surface area contributed by atoms with Crippen molar-refractivity contribution < 1.29 is 0 Å². The maximum Gasteiger partial charge on any atom is 0.104 e. The summed E-state index contributed by atoms with van der Waals surface area (Å²) in [6.45, 7) is 0. The Morgan fingerprint density at radius 2 is 0.340 bits per heavy atom. The van der Waals surface area contributed by atoms with E-state index in [0.29, 0.717) is 11.1 Å². The normalized spacial score (nSPS) is 12.0. The summed E-state index contributed by atoms with van der Waals surface area (Å²) in [5, 5.41) is 42.7. The molecule has 10 aromatic heterocycles. The fraction of sp³-hybridized carbons (Fsp3) is 0. The lowest BCUT2D eigenvalue weighted by atomic mass is 9.99. The van der Waals surface area contributed by atoms with Gasteiger partial charge in [0.2, 0.25) is 0 Å². The van der Waals surface area contributed by atoms with E-state index in [2.05, 4.69) is 508 Å². The minimum absolute atomic E-state index is 0.502. The lowest BCUT2D eigenvalue weighted by molar-refractivity contribution is 1.11. The van der Waals surface area contributed by atoms with Crippen molar-refractivity contribution in [3.63, 3.8) is 0 Å². The van der Waals surface area contributed by atoms with Gasteiger partial charge in [0, 0.05) is 134 Å². The van der Waals surface area contributed by atoms with Crippen molar-refractivity contribution in [3.8, 4) is 113 Å². The molecule has 20 aromatic carbocycles. The first-order valence-corrected chi connectivity index (χ1v) is 48.7. The molecule has 12 heteroatoms. The van der Waals surface area contributed by atoms with Crippen molar-refractivity contribution in [1.82, 2.24) is 46.5 Å². The van der Waals surface area contributed by atoms with E-state index in [0.717, 1.165) is 243 Å². The lowest BCUT2D eigenvalue weighted by Crippen LogP contribution is -2.05. The molecule has 0 unspecified atom stereocenters. The molecule has 0 saturated carbocycles. The van der Waals surface area contributed by atoms with Crippen molar-refractivity contribution in [2.24, 2.45) is 0 Å². The third-order valence-electron chi connectivity index (χ3n) is 30.3. The molecule has 0 radical (unpaired) electrons. The Kier molecular flexibility index (Phi) is 17.4. The average molecular weight is 1830 g/mol. The molecule has 0 spiro atoms. The van der Waals surface area contributed by atoms with Gasteiger partial charge in [-0.3, -0.25) is 9.97 Å². The van der Waals surface area contributed by atoms with Gasteiger partial charge in [-0.2, -0.15) is 10.5 Å². The van der Waals surface area contributed by atoms with Crippen LogP contribution in [0.3, 0.4) is 0 Å². The number of nitrogens with zero attached hydrogens (tertiary/aromatic N) is 12. The Bertz CT molecular complexity index is 10500. The Balaban J connectivity index is 0.619. The quantitative estimate of drug-likeness (QED) is 0.114. The molecule has 0 bridgehead atoms. The molecule has 30 aromatic rings. The second-order valence-corrected chi connectivity index (χ2v) is 37.8. The second-order valence-electron chi connectivity index (χ2n) is 37.8. The predicted octanol–water partition coefficient (Wildman–Crippen LogP) is 33.3. The van der Waals surface area contributed by atoms with E-state index >= 15 is 0 Å². The number of hydrogen-bond donors (Lipinski definition) is 0. The Hall–Kier alpha value is -19.9. The first-order valence-electron chi connectivity index (χ1n) is 48.7. The number of hydrogen-bond acceptors (Lipinski definition) is 4. The zero-order valence-electron chi connectivity index (χ0n) is 77.4. The molecule has 0 aliphatic rings. The first kappa shape index (κ1) is 80.2. The van der Waals surface area contributed by atoms with Gasteiger partial charge < -0.3 is 36.5 Å². The molecule has 0 fully saturated rings. The summed E-state index contributed by atoms with van der Waals surface area (Å²) in [7, 11) is 0. The van der Waals surface area contributed by atoms with Crippen LogP contribution in [-0.4, -0.2) is 46.5 Å². The molecule has 0 aliphatic heterocycles. The summed E-state index contributed by atoms with van der Waals surface area (Å²) >= 11 is 0.